The van der Waals surface area contributed by atoms with Crippen LogP contribution in [0.5, 0.6) is 0 Å². The van der Waals surface area contributed by atoms with E-state index in [2.05, 4.69) is 4.98 Å². The lowest BCUT2D eigenvalue weighted by Crippen LogP contribution is -2.40. The molecular formula is C23H29N3O3. The van der Waals surface area contributed by atoms with Crippen molar-refractivity contribution in [1.82, 2.24) is 9.88 Å². The number of aromatic nitrogens is 1. The van der Waals surface area contributed by atoms with Crippen LogP contribution in [0.1, 0.15) is 62.0 Å². The molecule has 6 heteroatoms. The summed E-state index contributed by atoms with van der Waals surface area (Å²) in [6, 6.07) is 13.0. The van der Waals surface area contributed by atoms with Crippen LogP contribution in [0.3, 0.4) is 0 Å². The van der Waals surface area contributed by atoms with Gasteiger partial charge in [-0.3, -0.25) is 9.69 Å². The first-order valence-electron chi connectivity index (χ1n) is 10.1. The van der Waals surface area contributed by atoms with Crippen molar-refractivity contribution >= 4 is 17.8 Å². The van der Waals surface area contributed by atoms with Gasteiger partial charge in [0, 0.05) is 30.9 Å². The molecule has 2 heterocycles. The second kappa shape index (κ2) is 8.64. The summed E-state index contributed by atoms with van der Waals surface area (Å²) >= 11 is 0. The predicted octanol–water partition coefficient (Wildman–Crippen LogP) is 4.82. The number of hydrogen-bond acceptors (Lipinski definition) is 4. The first-order chi connectivity index (χ1) is 13.8. The summed E-state index contributed by atoms with van der Waals surface area (Å²) in [6.07, 6.45) is 4.01. The monoisotopic (exact) mass is 395 g/mol. The Morgan fingerprint density at radius 2 is 1.83 bits per heavy atom. The number of likely N-dealkylation sites (tertiary alicyclic amines) is 1. The van der Waals surface area contributed by atoms with E-state index in [-0.39, 0.29) is 11.9 Å². The summed E-state index contributed by atoms with van der Waals surface area (Å²) in [7, 11) is 1.66. The van der Waals surface area contributed by atoms with Crippen LogP contribution < -0.4 is 4.90 Å². The molecule has 0 N–H and O–H groups in total. The molecule has 1 saturated heterocycles. The second-order valence-electron chi connectivity index (χ2n) is 8.33. The quantitative estimate of drug-likeness (QED) is 0.747. The first-order valence-corrected chi connectivity index (χ1v) is 10.1. The summed E-state index contributed by atoms with van der Waals surface area (Å²) < 4.78 is 5.51. The number of ether oxygens (including phenoxy) is 1. The Morgan fingerprint density at radius 3 is 2.52 bits per heavy atom. The molecule has 0 bridgehead atoms. The van der Waals surface area contributed by atoms with E-state index >= 15 is 0 Å². The van der Waals surface area contributed by atoms with Gasteiger partial charge in [-0.2, -0.15) is 0 Å². The Bertz CT molecular complexity index is 861. The summed E-state index contributed by atoms with van der Waals surface area (Å²) in [5.41, 5.74) is 0.940. The molecule has 0 aliphatic carbocycles. The predicted molar refractivity (Wildman–Crippen MR) is 113 cm³/mol. The third kappa shape index (κ3) is 4.94. The lowest BCUT2D eigenvalue weighted by atomic mass is 9.94. The number of carbonyl (C=O) groups is 2. The lowest BCUT2D eigenvalue weighted by molar-refractivity contribution is 0.0586. The van der Waals surface area contributed by atoms with E-state index in [0.717, 1.165) is 24.8 Å². The van der Waals surface area contributed by atoms with Crippen molar-refractivity contribution in [1.29, 1.82) is 0 Å². The number of carbonyl (C=O) groups excluding carboxylic acids is 2. The SMILES string of the molecule is CN(C(=O)OC(C)(C)C)c1ncccc1[C@@H]1CCCCN1C(=O)c1ccccc1. The number of piperidine rings is 1. The molecule has 0 unspecified atom stereocenters. The summed E-state index contributed by atoms with van der Waals surface area (Å²) in [4.78, 5) is 33.6. The van der Waals surface area contributed by atoms with Crippen molar-refractivity contribution < 1.29 is 14.3 Å². The van der Waals surface area contributed by atoms with Gasteiger partial charge >= 0.3 is 6.09 Å². The number of anilines is 1. The average Bonchev–Trinajstić information content (AvgIpc) is 2.72. The topological polar surface area (TPSA) is 62.7 Å². The minimum absolute atomic E-state index is 0.00465. The van der Waals surface area contributed by atoms with Gasteiger partial charge in [0.05, 0.1) is 6.04 Å². The van der Waals surface area contributed by atoms with Gasteiger partial charge in [-0.25, -0.2) is 9.78 Å². The zero-order valence-corrected chi connectivity index (χ0v) is 17.6. The molecule has 1 aromatic heterocycles. The van der Waals surface area contributed by atoms with E-state index in [1.807, 2.05) is 68.1 Å². The minimum Gasteiger partial charge on any atom is -0.443 e. The third-order valence-electron chi connectivity index (χ3n) is 4.95. The van der Waals surface area contributed by atoms with E-state index in [4.69, 9.17) is 4.74 Å². The number of rotatable bonds is 3. The highest BCUT2D eigenvalue weighted by atomic mass is 16.6. The number of hydrogen-bond donors (Lipinski definition) is 0. The van der Waals surface area contributed by atoms with Crippen LogP contribution in [-0.4, -0.2) is 41.1 Å². The Kier molecular flexibility index (Phi) is 6.20. The zero-order valence-electron chi connectivity index (χ0n) is 17.6. The Balaban J connectivity index is 1.92. The van der Waals surface area contributed by atoms with Gasteiger partial charge in [-0.05, 0) is 58.2 Å². The van der Waals surface area contributed by atoms with Gasteiger partial charge in [-0.15, -0.1) is 0 Å². The fourth-order valence-electron chi connectivity index (χ4n) is 3.61. The number of pyridine rings is 1. The van der Waals surface area contributed by atoms with Crippen molar-refractivity contribution in [2.45, 2.75) is 51.7 Å². The molecule has 154 valence electrons. The van der Waals surface area contributed by atoms with E-state index in [0.29, 0.717) is 17.9 Å². The largest absolute Gasteiger partial charge is 0.443 e. The van der Waals surface area contributed by atoms with Crippen LogP contribution >= 0.6 is 0 Å². The minimum atomic E-state index is -0.597. The lowest BCUT2D eigenvalue weighted by Gasteiger charge is -2.37. The Morgan fingerprint density at radius 1 is 1.10 bits per heavy atom. The van der Waals surface area contributed by atoms with Gasteiger partial charge in [0.1, 0.15) is 11.4 Å². The first kappa shape index (κ1) is 20.8. The van der Waals surface area contributed by atoms with Gasteiger partial charge in [0.2, 0.25) is 0 Å². The molecule has 6 nitrogen and oxygen atoms in total. The maximum absolute atomic E-state index is 13.2. The van der Waals surface area contributed by atoms with Gasteiger partial charge in [-0.1, -0.05) is 24.3 Å². The zero-order chi connectivity index (χ0) is 21.0. The fraction of sp³-hybridized carbons (Fsp3) is 0.435. The van der Waals surface area contributed by atoms with Crippen LogP contribution in [0.15, 0.2) is 48.7 Å². The molecule has 1 aromatic carbocycles. The maximum Gasteiger partial charge on any atom is 0.415 e. The van der Waals surface area contributed by atoms with Crippen molar-refractivity contribution in [3.8, 4) is 0 Å². The van der Waals surface area contributed by atoms with Crippen molar-refractivity contribution in [3.63, 3.8) is 0 Å². The molecule has 3 rings (SSSR count). The van der Waals surface area contributed by atoms with E-state index in [1.165, 1.54) is 4.90 Å². The average molecular weight is 396 g/mol. The van der Waals surface area contributed by atoms with Crippen LogP contribution in [0, 0.1) is 0 Å². The molecule has 1 atom stereocenters. The van der Waals surface area contributed by atoms with Gasteiger partial charge < -0.3 is 9.64 Å². The molecule has 2 aromatic rings. The van der Waals surface area contributed by atoms with Crippen molar-refractivity contribution in [2.24, 2.45) is 0 Å². The number of benzene rings is 1. The number of amides is 2. The van der Waals surface area contributed by atoms with E-state index in [9.17, 15) is 9.59 Å². The van der Waals surface area contributed by atoms with Crippen LogP contribution in [0.2, 0.25) is 0 Å². The Labute approximate surface area is 172 Å². The van der Waals surface area contributed by atoms with Crippen molar-refractivity contribution in [3.05, 3.63) is 59.8 Å². The fourth-order valence-corrected chi connectivity index (χ4v) is 3.61. The van der Waals surface area contributed by atoms with Gasteiger partial charge in [0.25, 0.3) is 5.91 Å². The molecule has 2 amide bonds. The summed E-state index contributed by atoms with van der Waals surface area (Å²) in [5, 5.41) is 0. The Hall–Kier alpha value is -2.89. The normalized spacial score (nSPS) is 17.0. The highest BCUT2D eigenvalue weighted by Crippen LogP contribution is 2.36. The highest BCUT2D eigenvalue weighted by Gasteiger charge is 2.32. The van der Waals surface area contributed by atoms with E-state index in [1.54, 1.807) is 13.2 Å². The third-order valence-corrected chi connectivity index (χ3v) is 4.95. The molecule has 1 aliphatic rings. The molecule has 0 radical (unpaired) electrons. The summed E-state index contributed by atoms with van der Waals surface area (Å²) in [6.45, 7) is 6.18. The molecule has 0 spiro atoms. The van der Waals surface area contributed by atoms with E-state index < -0.39 is 11.7 Å². The molecule has 1 aliphatic heterocycles. The maximum atomic E-state index is 13.2. The smallest absolute Gasteiger partial charge is 0.415 e. The van der Waals surface area contributed by atoms with Crippen LogP contribution in [-0.2, 0) is 4.74 Å². The summed E-state index contributed by atoms with van der Waals surface area (Å²) in [5.74, 6) is 0.532. The van der Waals surface area contributed by atoms with Gasteiger partial charge in [0.15, 0.2) is 0 Å². The van der Waals surface area contributed by atoms with Crippen molar-refractivity contribution in [2.75, 3.05) is 18.5 Å². The highest BCUT2D eigenvalue weighted by molar-refractivity contribution is 5.95. The molecule has 1 fully saturated rings. The van der Waals surface area contributed by atoms with Crippen LogP contribution in [0.4, 0.5) is 10.6 Å². The molecule has 0 saturated carbocycles. The second-order valence-corrected chi connectivity index (χ2v) is 8.33. The number of nitrogens with zero attached hydrogens (tertiary/aromatic N) is 3. The van der Waals surface area contributed by atoms with Crippen LogP contribution in [0.25, 0.3) is 0 Å². The standard InChI is InChI=1S/C23H29N3O3/c1-23(2,3)29-22(28)25(4)20-18(13-10-15-24-20)19-14-8-9-16-26(19)21(27)17-11-6-5-7-12-17/h5-7,10-13,15,19H,8-9,14,16H2,1-4H3/t19-/m0/s1. The molecular weight excluding hydrogens is 366 g/mol. The molecule has 29 heavy (non-hydrogen) atoms.